The third kappa shape index (κ3) is 4.74. The number of carbonyl (C=O) groups is 2. The van der Waals surface area contributed by atoms with Gasteiger partial charge in [-0.25, -0.2) is 14.8 Å². The highest BCUT2D eigenvalue weighted by atomic mass is 35.5. The number of pyridine rings is 1. The van der Waals surface area contributed by atoms with Crippen LogP contribution in [0.25, 0.3) is 0 Å². The Hall–Kier alpha value is -2.87. The summed E-state index contributed by atoms with van der Waals surface area (Å²) < 4.78 is 10.6. The molecule has 1 aromatic carbocycles. The Kier molecular flexibility index (Phi) is 6.27. The van der Waals surface area contributed by atoms with Gasteiger partial charge in [-0.1, -0.05) is 46.9 Å². The number of hydrazone groups is 1. The molecule has 0 N–H and O–H groups in total. The maximum atomic E-state index is 12.9. The standard InChI is InChI=1S/C21H14Cl3N3O4/c22-14-5-3-12(4-6-14)16-9-17(18-2-1-7-30-18)27(26-16)19(28)11-31-21(29)13-8-15(23)20(24)25-10-13/h1-8,10,17H,9,11H2/t17-/m1/s1. The summed E-state index contributed by atoms with van der Waals surface area (Å²) in [4.78, 5) is 28.9. The van der Waals surface area contributed by atoms with Crippen LogP contribution >= 0.6 is 34.8 Å². The lowest BCUT2D eigenvalue weighted by Gasteiger charge is -2.19. The Balaban J connectivity index is 1.51. The Morgan fingerprint density at radius 2 is 1.94 bits per heavy atom. The van der Waals surface area contributed by atoms with Crippen LogP contribution in [-0.2, 0) is 9.53 Å². The first-order valence-corrected chi connectivity index (χ1v) is 10.2. The fraction of sp³-hybridized carbons (Fsp3) is 0.143. The average Bonchev–Trinajstić information content (AvgIpc) is 3.44. The summed E-state index contributed by atoms with van der Waals surface area (Å²) >= 11 is 17.6. The van der Waals surface area contributed by atoms with E-state index in [1.807, 2.05) is 12.1 Å². The van der Waals surface area contributed by atoms with Crippen LogP contribution in [0.2, 0.25) is 15.2 Å². The van der Waals surface area contributed by atoms with Crippen LogP contribution in [0.15, 0.2) is 64.4 Å². The Bertz CT molecular complexity index is 1150. The Labute approximate surface area is 192 Å². The molecular weight excluding hydrogens is 465 g/mol. The Morgan fingerprint density at radius 1 is 1.16 bits per heavy atom. The second-order valence-electron chi connectivity index (χ2n) is 6.60. The van der Waals surface area contributed by atoms with Gasteiger partial charge in [-0.2, -0.15) is 5.10 Å². The molecule has 0 fully saturated rings. The first-order valence-electron chi connectivity index (χ1n) is 9.09. The van der Waals surface area contributed by atoms with Crippen LogP contribution in [-0.4, -0.2) is 34.2 Å². The van der Waals surface area contributed by atoms with Crippen molar-refractivity contribution in [3.8, 4) is 0 Å². The van der Waals surface area contributed by atoms with Gasteiger partial charge < -0.3 is 9.15 Å². The molecule has 0 saturated carbocycles. The molecule has 3 heterocycles. The quantitative estimate of drug-likeness (QED) is 0.373. The number of ether oxygens (including phenoxy) is 1. The molecule has 7 nitrogen and oxygen atoms in total. The molecule has 4 rings (SSSR count). The van der Waals surface area contributed by atoms with Gasteiger partial charge in [0.1, 0.15) is 17.0 Å². The molecule has 0 aliphatic carbocycles. The number of esters is 1. The van der Waals surface area contributed by atoms with Crippen LogP contribution in [0.4, 0.5) is 0 Å². The van der Waals surface area contributed by atoms with Gasteiger partial charge in [0.2, 0.25) is 0 Å². The maximum absolute atomic E-state index is 12.9. The number of carbonyl (C=O) groups excluding carboxylic acids is 2. The molecule has 10 heteroatoms. The summed E-state index contributed by atoms with van der Waals surface area (Å²) in [6.45, 7) is -0.520. The SMILES string of the molecule is O=C(OCC(=O)N1N=C(c2ccc(Cl)cc2)C[C@@H]1c1ccco1)c1cnc(Cl)c(Cl)c1. The molecule has 1 amide bonds. The zero-order valence-electron chi connectivity index (χ0n) is 15.8. The number of furan rings is 1. The van der Waals surface area contributed by atoms with Crippen molar-refractivity contribution in [2.45, 2.75) is 12.5 Å². The van der Waals surface area contributed by atoms with Crippen molar-refractivity contribution >= 4 is 52.4 Å². The number of hydrogen-bond acceptors (Lipinski definition) is 6. The Morgan fingerprint density at radius 3 is 2.61 bits per heavy atom. The van der Waals surface area contributed by atoms with Crippen LogP contribution in [0.5, 0.6) is 0 Å². The minimum absolute atomic E-state index is 0.0664. The number of rotatable bonds is 5. The largest absolute Gasteiger partial charge is 0.467 e. The summed E-state index contributed by atoms with van der Waals surface area (Å²) in [5, 5.41) is 6.50. The summed E-state index contributed by atoms with van der Waals surface area (Å²) in [5.41, 5.74) is 1.60. The number of nitrogens with zero attached hydrogens (tertiary/aromatic N) is 3. The number of benzene rings is 1. The third-order valence-corrected chi connectivity index (χ3v) is 5.51. The van der Waals surface area contributed by atoms with Crippen LogP contribution in [0.3, 0.4) is 0 Å². The maximum Gasteiger partial charge on any atom is 0.340 e. The van der Waals surface area contributed by atoms with Crippen molar-refractivity contribution in [3.63, 3.8) is 0 Å². The number of amides is 1. The lowest BCUT2D eigenvalue weighted by Crippen LogP contribution is -2.31. The van der Waals surface area contributed by atoms with Crippen molar-refractivity contribution in [2.24, 2.45) is 5.10 Å². The zero-order valence-corrected chi connectivity index (χ0v) is 18.1. The topological polar surface area (TPSA) is 85.0 Å². The van der Waals surface area contributed by atoms with Crippen molar-refractivity contribution in [1.82, 2.24) is 9.99 Å². The molecule has 1 atom stereocenters. The zero-order chi connectivity index (χ0) is 22.0. The first-order chi connectivity index (χ1) is 14.9. The molecule has 0 spiro atoms. The second kappa shape index (κ2) is 9.09. The minimum Gasteiger partial charge on any atom is -0.467 e. The smallest absolute Gasteiger partial charge is 0.340 e. The van der Waals surface area contributed by atoms with Gasteiger partial charge in [-0.3, -0.25) is 4.79 Å². The van der Waals surface area contributed by atoms with Crippen molar-refractivity contribution in [2.75, 3.05) is 6.61 Å². The highest BCUT2D eigenvalue weighted by molar-refractivity contribution is 6.41. The van der Waals surface area contributed by atoms with E-state index in [0.29, 0.717) is 22.9 Å². The lowest BCUT2D eigenvalue weighted by atomic mass is 10.0. The second-order valence-corrected chi connectivity index (χ2v) is 7.80. The van der Waals surface area contributed by atoms with Gasteiger partial charge in [0, 0.05) is 17.6 Å². The fourth-order valence-electron chi connectivity index (χ4n) is 3.07. The summed E-state index contributed by atoms with van der Waals surface area (Å²) in [6.07, 6.45) is 3.18. The van der Waals surface area contributed by atoms with Crippen LogP contribution in [0, 0.1) is 0 Å². The lowest BCUT2D eigenvalue weighted by molar-refractivity contribution is -0.136. The van der Waals surface area contributed by atoms with Gasteiger partial charge in [-0.05, 0) is 35.9 Å². The monoisotopic (exact) mass is 477 g/mol. The van der Waals surface area contributed by atoms with Crippen molar-refractivity contribution in [3.05, 3.63) is 87.0 Å². The number of aromatic nitrogens is 1. The molecule has 0 radical (unpaired) electrons. The van der Waals surface area contributed by atoms with E-state index in [2.05, 4.69) is 10.1 Å². The molecule has 158 valence electrons. The van der Waals surface area contributed by atoms with E-state index in [0.717, 1.165) is 5.56 Å². The summed E-state index contributed by atoms with van der Waals surface area (Å²) in [6, 6.07) is 11.5. The van der Waals surface area contributed by atoms with E-state index in [4.69, 9.17) is 44.0 Å². The molecule has 1 aliphatic rings. The summed E-state index contributed by atoms with van der Waals surface area (Å²) in [5.74, 6) is -0.692. The van der Waals surface area contributed by atoms with Gasteiger partial charge in [0.15, 0.2) is 6.61 Å². The normalized spacial score (nSPS) is 15.6. The van der Waals surface area contributed by atoms with Gasteiger partial charge in [0.25, 0.3) is 5.91 Å². The predicted molar refractivity (Wildman–Crippen MR) is 115 cm³/mol. The van der Waals surface area contributed by atoms with Gasteiger partial charge in [-0.15, -0.1) is 0 Å². The molecule has 3 aromatic rings. The molecule has 0 unspecified atom stereocenters. The van der Waals surface area contributed by atoms with E-state index >= 15 is 0 Å². The fourth-order valence-corrected chi connectivity index (χ4v) is 3.46. The summed E-state index contributed by atoms with van der Waals surface area (Å²) in [7, 11) is 0. The highest BCUT2D eigenvalue weighted by Gasteiger charge is 2.35. The van der Waals surface area contributed by atoms with E-state index in [-0.39, 0.29) is 15.7 Å². The first kappa shape index (κ1) is 21.4. The number of hydrogen-bond donors (Lipinski definition) is 0. The van der Waals surface area contributed by atoms with E-state index < -0.39 is 24.5 Å². The average molecular weight is 479 g/mol. The van der Waals surface area contributed by atoms with Crippen LogP contribution in [0.1, 0.15) is 34.1 Å². The van der Waals surface area contributed by atoms with E-state index in [1.165, 1.54) is 23.5 Å². The van der Waals surface area contributed by atoms with Gasteiger partial charge in [0.05, 0.1) is 22.6 Å². The molecule has 2 aromatic heterocycles. The molecule has 31 heavy (non-hydrogen) atoms. The van der Waals surface area contributed by atoms with Crippen LogP contribution < -0.4 is 0 Å². The van der Waals surface area contributed by atoms with E-state index in [1.54, 1.807) is 24.3 Å². The number of halogens is 3. The minimum atomic E-state index is -0.755. The predicted octanol–water partition coefficient (Wildman–Crippen LogP) is 5.17. The van der Waals surface area contributed by atoms with Crippen molar-refractivity contribution in [1.29, 1.82) is 0 Å². The highest BCUT2D eigenvalue weighted by Crippen LogP contribution is 2.33. The van der Waals surface area contributed by atoms with E-state index in [9.17, 15) is 9.59 Å². The molecule has 0 saturated heterocycles. The molecule has 1 aliphatic heterocycles. The molecule has 0 bridgehead atoms. The van der Waals surface area contributed by atoms with Crippen molar-refractivity contribution < 1.29 is 18.7 Å². The van der Waals surface area contributed by atoms with Gasteiger partial charge >= 0.3 is 5.97 Å². The molecular formula is C21H14Cl3N3O4. The third-order valence-electron chi connectivity index (χ3n) is 4.57.